The van der Waals surface area contributed by atoms with E-state index in [4.69, 9.17) is 0 Å². The van der Waals surface area contributed by atoms with Crippen LogP contribution in [0.15, 0.2) is 30.9 Å². The standard InChI is InChI=1S/C19H25N7O2S/c1-13(2)11-29(27,28)26-8-4-5-14(10-26)24-17-15(6-3-7-20-17)16-9-21-18-19(25-16)23-12-22-18/h3,6-7,9,12-14H,4-5,8,10-11H2,1-2H3,(H,20,24)(H,21,22,23,25)/p+1/t14-/m0/s1. The minimum atomic E-state index is -3.25. The number of hydrogen-bond donors (Lipinski definition) is 2. The summed E-state index contributed by atoms with van der Waals surface area (Å²) in [6.45, 7) is 4.88. The molecule has 1 atom stereocenters. The number of sulfonamides is 1. The minimum absolute atomic E-state index is 0.00477. The van der Waals surface area contributed by atoms with Crippen molar-refractivity contribution in [3.05, 3.63) is 30.9 Å². The average molecular weight is 417 g/mol. The average Bonchev–Trinajstić information content (AvgIpc) is 3.15. The molecule has 0 aromatic carbocycles. The lowest BCUT2D eigenvalue weighted by Crippen LogP contribution is -2.46. The van der Waals surface area contributed by atoms with Gasteiger partial charge in [0.15, 0.2) is 6.33 Å². The third-order valence-electron chi connectivity index (χ3n) is 4.94. The third kappa shape index (κ3) is 4.38. The molecule has 3 aromatic rings. The first-order valence-corrected chi connectivity index (χ1v) is 11.4. The second kappa shape index (κ2) is 8.03. The molecule has 29 heavy (non-hydrogen) atoms. The van der Waals surface area contributed by atoms with Gasteiger partial charge in [0, 0.05) is 30.9 Å². The summed E-state index contributed by atoms with van der Waals surface area (Å²) in [5.41, 5.74) is 2.88. The number of rotatable bonds is 6. The quantitative estimate of drug-likeness (QED) is 0.631. The highest BCUT2D eigenvalue weighted by atomic mass is 32.2. The van der Waals surface area contributed by atoms with Crippen molar-refractivity contribution in [1.82, 2.24) is 24.2 Å². The first kappa shape index (κ1) is 19.7. The molecule has 1 saturated heterocycles. The molecule has 0 aliphatic carbocycles. The van der Waals surface area contributed by atoms with Crippen LogP contribution in [0.3, 0.4) is 0 Å². The maximum absolute atomic E-state index is 12.6. The van der Waals surface area contributed by atoms with Crippen LogP contribution < -0.4 is 10.3 Å². The molecule has 4 heterocycles. The number of imidazole rings is 1. The minimum Gasteiger partial charge on any atom is -0.365 e. The lowest BCUT2D eigenvalue weighted by molar-refractivity contribution is -0.347. The van der Waals surface area contributed by atoms with Crippen molar-refractivity contribution in [2.45, 2.75) is 32.7 Å². The van der Waals surface area contributed by atoms with Crippen LogP contribution in [0.2, 0.25) is 0 Å². The first-order chi connectivity index (χ1) is 13.9. The van der Waals surface area contributed by atoms with Crippen molar-refractivity contribution in [1.29, 1.82) is 0 Å². The molecule has 10 heteroatoms. The predicted octanol–water partition coefficient (Wildman–Crippen LogP) is 1.70. The van der Waals surface area contributed by atoms with Gasteiger partial charge in [-0.3, -0.25) is 4.98 Å². The summed E-state index contributed by atoms with van der Waals surface area (Å²) in [5.74, 6) is 0.969. The number of nitrogens with zero attached hydrogens (tertiary/aromatic N) is 4. The number of aromatic amines is 2. The van der Waals surface area contributed by atoms with E-state index in [1.165, 1.54) is 0 Å². The molecule has 0 bridgehead atoms. The molecule has 4 rings (SSSR count). The Kier molecular flexibility index (Phi) is 5.46. The third-order valence-corrected chi connectivity index (χ3v) is 7.14. The Morgan fingerprint density at radius 2 is 2.24 bits per heavy atom. The van der Waals surface area contributed by atoms with Crippen LogP contribution in [0, 0.1) is 5.92 Å². The van der Waals surface area contributed by atoms with Crippen LogP contribution in [0.25, 0.3) is 22.6 Å². The second-order valence-corrected chi connectivity index (χ2v) is 9.81. The zero-order chi connectivity index (χ0) is 20.4. The molecular formula is C19H26N7O2S+. The molecular weight excluding hydrogens is 390 g/mol. The maximum atomic E-state index is 12.6. The van der Waals surface area contributed by atoms with Gasteiger partial charge >= 0.3 is 5.65 Å². The summed E-state index contributed by atoms with van der Waals surface area (Å²) in [4.78, 5) is 19.5. The Balaban J connectivity index is 1.55. The highest BCUT2D eigenvalue weighted by molar-refractivity contribution is 7.89. The van der Waals surface area contributed by atoms with Crippen LogP contribution in [0.4, 0.5) is 5.82 Å². The fraction of sp³-hybridized carbons (Fsp3) is 0.474. The van der Waals surface area contributed by atoms with Crippen molar-refractivity contribution in [3.63, 3.8) is 0 Å². The highest BCUT2D eigenvalue weighted by Gasteiger charge is 2.30. The zero-order valence-electron chi connectivity index (χ0n) is 16.6. The maximum Gasteiger partial charge on any atom is 0.319 e. The van der Waals surface area contributed by atoms with Crippen molar-refractivity contribution < 1.29 is 13.4 Å². The van der Waals surface area contributed by atoms with Gasteiger partial charge < -0.3 is 5.32 Å². The lowest BCUT2D eigenvalue weighted by Gasteiger charge is -2.33. The van der Waals surface area contributed by atoms with Gasteiger partial charge in [-0.25, -0.2) is 23.4 Å². The molecule has 0 spiro atoms. The van der Waals surface area contributed by atoms with Gasteiger partial charge in [-0.2, -0.15) is 4.31 Å². The Labute approximate surface area is 170 Å². The molecule has 3 N–H and O–H groups in total. The number of anilines is 1. The second-order valence-electron chi connectivity index (χ2n) is 7.80. The highest BCUT2D eigenvalue weighted by Crippen LogP contribution is 2.27. The topological polar surface area (TPSA) is 118 Å². The van der Waals surface area contributed by atoms with Gasteiger partial charge in [0.1, 0.15) is 17.7 Å². The fourth-order valence-electron chi connectivity index (χ4n) is 3.66. The number of hydrogen-bond acceptors (Lipinski definition) is 6. The van der Waals surface area contributed by atoms with E-state index in [2.05, 4.69) is 30.2 Å². The van der Waals surface area contributed by atoms with Crippen molar-refractivity contribution in [2.24, 2.45) is 5.92 Å². The van der Waals surface area contributed by atoms with E-state index < -0.39 is 10.0 Å². The number of nitrogens with one attached hydrogen (secondary N) is 3. The molecule has 154 valence electrons. The Hall–Kier alpha value is -2.59. The molecule has 0 unspecified atom stereocenters. The van der Waals surface area contributed by atoms with Gasteiger partial charge in [-0.15, -0.1) is 4.98 Å². The molecule has 3 aromatic heterocycles. The normalized spacial score (nSPS) is 18.4. The van der Waals surface area contributed by atoms with E-state index in [1.807, 2.05) is 26.0 Å². The molecule has 0 amide bonds. The fourth-order valence-corrected chi connectivity index (χ4v) is 5.53. The van der Waals surface area contributed by atoms with Gasteiger partial charge in [0.05, 0.1) is 5.75 Å². The van der Waals surface area contributed by atoms with Crippen LogP contribution in [-0.2, 0) is 10.0 Å². The molecule has 1 aliphatic heterocycles. The van der Waals surface area contributed by atoms with Crippen LogP contribution >= 0.6 is 0 Å². The van der Waals surface area contributed by atoms with Crippen molar-refractivity contribution >= 4 is 27.1 Å². The largest absolute Gasteiger partial charge is 0.365 e. The van der Waals surface area contributed by atoms with E-state index in [9.17, 15) is 8.42 Å². The summed E-state index contributed by atoms with van der Waals surface area (Å²) < 4.78 is 26.9. The van der Waals surface area contributed by atoms with Crippen LogP contribution in [0.1, 0.15) is 26.7 Å². The monoisotopic (exact) mass is 416 g/mol. The summed E-state index contributed by atoms with van der Waals surface area (Å²) >= 11 is 0. The van der Waals surface area contributed by atoms with E-state index in [-0.39, 0.29) is 17.7 Å². The van der Waals surface area contributed by atoms with E-state index in [0.29, 0.717) is 35.9 Å². The first-order valence-electron chi connectivity index (χ1n) is 9.84. The Morgan fingerprint density at radius 3 is 3.07 bits per heavy atom. The number of H-pyrrole nitrogens is 2. The number of pyridine rings is 1. The van der Waals surface area contributed by atoms with Crippen molar-refractivity contribution in [2.75, 3.05) is 24.2 Å². The number of aromatic nitrogens is 5. The van der Waals surface area contributed by atoms with Gasteiger partial charge in [0.25, 0.3) is 5.65 Å². The zero-order valence-corrected chi connectivity index (χ0v) is 17.4. The van der Waals surface area contributed by atoms with Crippen molar-refractivity contribution in [3.8, 4) is 11.3 Å². The molecule has 9 nitrogen and oxygen atoms in total. The summed E-state index contributed by atoms with van der Waals surface area (Å²) in [6.07, 6.45) is 6.82. The van der Waals surface area contributed by atoms with Gasteiger partial charge in [-0.05, 0) is 30.9 Å². The summed E-state index contributed by atoms with van der Waals surface area (Å²) in [6, 6.07) is 3.79. The van der Waals surface area contributed by atoms with Crippen LogP contribution in [0.5, 0.6) is 0 Å². The smallest absolute Gasteiger partial charge is 0.319 e. The molecule has 1 fully saturated rings. The number of piperidine rings is 1. The van der Waals surface area contributed by atoms with E-state index in [1.54, 1.807) is 23.0 Å². The van der Waals surface area contributed by atoms with Gasteiger partial charge in [0.2, 0.25) is 10.0 Å². The van der Waals surface area contributed by atoms with E-state index in [0.717, 1.165) is 18.4 Å². The molecule has 1 aliphatic rings. The summed E-state index contributed by atoms with van der Waals surface area (Å²) in [5, 5.41) is 3.44. The number of fused-ring (bicyclic) bond motifs is 1. The van der Waals surface area contributed by atoms with Crippen LogP contribution in [-0.4, -0.2) is 57.5 Å². The Bertz CT molecular complexity index is 1100. The molecule has 0 saturated carbocycles. The molecule has 0 radical (unpaired) electrons. The predicted molar refractivity (Wildman–Crippen MR) is 111 cm³/mol. The van der Waals surface area contributed by atoms with Gasteiger partial charge in [-0.1, -0.05) is 13.8 Å². The van der Waals surface area contributed by atoms with E-state index >= 15 is 0 Å². The Morgan fingerprint density at radius 1 is 1.38 bits per heavy atom. The lowest BCUT2D eigenvalue weighted by atomic mass is 10.1. The SMILES string of the molecule is CC(C)CS(=O)(=O)N1CCC[C@H](Nc2ncccc2-c2cnc3[nH+]c[nH]c3n2)C1. The summed E-state index contributed by atoms with van der Waals surface area (Å²) in [7, 11) is -3.25.